The predicted molar refractivity (Wildman–Crippen MR) is 125 cm³/mol. The van der Waals surface area contributed by atoms with E-state index in [9.17, 15) is 9.18 Å². The summed E-state index contributed by atoms with van der Waals surface area (Å²) in [6.45, 7) is 5.92. The molecule has 35 heavy (non-hydrogen) atoms. The number of nitrogens with zero attached hydrogens (tertiary/aromatic N) is 4. The number of amides is 1. The second-order valence-corrected chi connectivity index (χ2v) is 8.77. The number of ether oxygens (including phenoxy) is 2. The summed E-state index contributed by atoms with van der Waals surface area (Å²) in [6, 6.07) is 9.60. The molecule has 2 aromatic heterocycles. The number of halogens is 1. The van der Waals surface area contributed by atoms with Crippen molar-refractivity contribution in [2.24, 2.45) is 5.41 Å². The Morgan fingerprint density at radius 1 is 1.26 bits per heavy atom. The van der Waals surface area contributed by atoms with Crippen LogP contribution in [0.3, 0.4) is 0 Å². The molecule has 0 radical (unpaired) electrons. The number of nitriles is 1. The van der Waals surface area contributed by atoms with Crippen LogP contribution < -0.4 is 10.6 Å². The highest BCUT2D eigenvalue weighted by Gasteiger charge is 2.41. The molecule has 10 nitrogen and oxygen atoms in total. The molecule has 0 atom stereocenters. The normalized spacial score (nSPS) is 19.8. The first-order chi connectivity index (χ1) is 16.8. The Morgan fingerprint density at radius 3 is 2.63 bits per heavy atom. The Balaban J connectivity index is 1.64. The van der Waals surface area contributed by atoms with Crippen LogP contribution in [0.2, 0.25) is 0 Å². The third-order valence-electron chi connectivity index (χ3n) is 5.37. The Labute approximate surface area is 201 Å². The van der Waals surface area contributed by atoms with Gasteiger partial charge in [0.1, 0.15) is 12.4 Å². The number of H-pyrrole nitrogens is 1. The Morgan fingerprint density at radius 2 is 1.97 bits per heavy atom. The monoisotopic (exact) mass is 479 g/mol. The van der Waals surface area contributed by atoms with Crippen LogP contribution >= 0.6 is 0 Å². The summed E-state index contributed by atoms with van der Waals surface area (Å²) in [5.41, 5.74) is 1.40. The van der Waals surface area contributed by atoms with E-state index < -0.39 is 11.7 Å². The van der Waals surface area contributed by atoms with Crippen LogP contribution in [0.5, 0.6) is 0 Å². The molecule has 1 amide bonds. The minimum atomic E-state index is -0.833. The maximum absolute atomic E-state index is 13.6. The van der Waals surface area contributed by atoms with Crippen LogP contribution in [0, 0.1) is 22.6 Å². The molecule has 182 valence electrons. The standard InChI is InChI=1S/C24H26FN7O3/c1-14(2)29-22(33)24(3)12-34-21(35-13-24)20-31-18(15-4-6-16(25)7-5-15)19(32-20)17-8-10-27-23(30-17)28-11-9-26/h4-8,10,14,21H,11-13H2,1-3H3,(H,29,33)(H,31,32)(H,27,28,30). The van der Waals surface area contributed by atoms with E-state index >= 15 is 0 Å². The van der Waals surface area contributed by atoms with Gasteiger partial charge in [0, 0.05) is 17.8 Å². The molecule has 1 saturated heterocycles. The summed E-state index contributed by atoms with van der Waals surface area (Å²) < 4.78 is 25.4. The van der Waals surface area contributed by atoms with Crippen LogP contribution in [-0.2, 0) is 14.3 Å². The molecule has 0 spiro atoms. The molecule has 4 rings (SSSR count). The first-order valence-corrected chi connectivity index (χ1v) is 11.1. The average Bonchev–Trinajstić information content (AvgIpc) is 3.29. The van der Waals surface area contributed by atoms with Gasteiger partial charge in [-0.15, -0.1) is 0 Å². The number of hydrogen-bond donors (Lipinski definition) is 3. The summed E-state index contributed by atoms with van der Waals surface area (Å²) in [6.07, 6.45) is 0.726. The molecule has 1 fully saturated rings. The lowest BCUT2D eigenvalue weighted by Gasteiger charge is -2.35. The molecular formula is C24H26FN7O3. The number of aromatic amines is 1. The van der Waals surface area contributed by atoms with Crippen LogP contribution in [-0.4, -0.2) is 51.6 Å². The highest BCUT2D eigenvalue weighted by molar-refractivity contribution is 5.83. The summed E-state index contributed by atoms with van der Waals surface area (Å²) in [4.78, 5) is 29.1. The lowest BCUT2D eigenvalue weighted by atomic mass is 9.90. The lowest BCUT2D eigenvalue weighted by Crippen LogP contribution is -2.50. The predicted octanol–water partition coefficient (Wildman–Crippen LogP) is 3.18. The number of rotatable bonds is 7. The van der Waals surface area contributed by atoms with Crippen molar-refractivity contribution >= 4 is 11.9 Å². The molecule has 0 unspecified atom stereocenters. The fourth-order valence-electron chi connectivity index (χ4n) is 3.54. The maximum atomic E-state index is 13.6. The third-order valence-corrected chi connectivity index (χ3v) is 5.37. The number of nitrogens with one attached hydrogen (secondary N) is 3. The van der Waals surface area contributed by atoms with Crippen molar-refractivity contribution in [3.63, 3.8) is 0 Å². The second-order valence-electron chi connectivity index (χ2n) is 8.77. The SMILES string of the molecule is CC(C)NC(=O)C1(C)COC(c2nc(-c3ccc(F)cc3)c(-c3ccnc(NCC#N)n3)[nH]2)OC1. The number of carbonyl (C=O) groups excluding carboxylic acids is 1. The Kier molecular flexibility index (Phi) is 7.04. The van der Waals surface area contributed by atoms with E-state index in [2.05, 4.69) is 30.6 Å². The molecule has 3 heterocycles. The number of carbonyl (C=O) groups is 1. The van der Waals surface area contributed by atoms with Crippen molar-refractivity contribution in [3.8, 4) is 28.7 Å². The van der Waals surface area contributed by atoms with Gasteiger partial charge in [0.2, 0.25) is 18.1 Å². The van der Waals surface area contributed by atoms with E-state index in [4.69, 9.17) is 14.7 Å². The second kappa shape index (κ2) is 10.2. The van der Waals surface area contributed by atoms with Gasteiger partial charge in [-0.2, -0.15) is 5.26 Å². The van der Waals surface area contributed by atoms with E-state index in [1.807, 2.05) is 19.9 Å². The minimum absolute atomic E-state index is 0.00310. The summed E-state index contributed by atoms with van der Waals surface area (Å²) in [5.74, 6) is 0.156. The molecular weight excluding hydrogens is 453 g/mol. The molecule has 1 aliphatic rings. The van der Waals surface area contributed by atoms with E-state index in [0.29, 0.717) is 28.5 Å². The topological polar surface area (TPSA) is 138 Å². The van der Waals surface area contributed by atoms with E-state index in [0.717, 1.165) is 0 Å². The van der Waals surface area contributed by atoms with Crippen molar-refractivity contribution < 1.29 is 18.7 Å². The van der Waals surface area contributed by atoms with Crippen molar-refractivity contribution in [3.05, 3.63) is 48.2 Å². The Hall–Kier alpha value is -3.88. The van der Waals surface area contributed by atoms with E-state index in [-0.39, 0.29) is 43.5 Å². The van der Waals surface area contributed by atoms with Crippen molar-refractivity contribution in [1.82, 2.24) is 25.3 Å². The molecule has 11 heteroatoms. The minimum Gasteiger partial charge on any atom is -0.353 e. The molecule has 3 aromatic rings. The number of imidazole rings is 1. The maximum Gasteiger partial charge on any atom is 0.230 e. The smallest absolute Gasteiger partial charge is 0.230 e. The van der Waals surface area contributed by atoms with Crippen LogP contribution in [0.4, 0.5) is 10.3 Å². The fraction of sp³-hybridized carbons (Fsp3) is 0.375. The van der Waals surface area contributed by atoms with Gasteiger partial charge in [-0.1, -0.05) is 0 Å². The molecule has 0 aliphatic carbocycles. The quantitative estimate of drug-likeness (QED) is 0.439. The van der Waals surface area contributed by atoms with Gasteiger partial charge in [-0.25, -0.2) is 19.3 Å². The molecule has 1 aromatic carbocycles. The highest BCUT2D eigenvalue weighted by atomic mass is 19.1. The first kappa shape index (κ1) is 24.3. The molecule has 0 saturated carbocycles. The van der Waals surface area contributed by atoms with Gasteiger partial charge in [-0.3, -0.25) is 4.79 Å². The number of aromatic nitrogens is 4. The summed E-state index contributed by atoms with van der Waals surface area (Å²) in [5, 5.41) is 14.5. The number of benzene rings is 1. The van der Waals surface area contributed by atoms with Crippen LogP contribution in [0.15, 0.2) is 36.5 Å². The van der Waals surface area contributed by atoms with Gasteiger partial charge < -0.3 is 25.1 Å². The zero-order valence-corrected chi connectivity index (χ0v) is 19.6. The van der Waals surface area contributed by atoms with Gasteiger partial charge in [0.15, 0.2) is 5.82 Å². The summed E-state index contributed by atoms with van der Waals surface area (Å²) in [7, 11) is 0. The fourth-order valence-corrected chi connectivity index (χ4v) is 3.54. The van der Waals surface area contributed by atoms with Gasteiger partial charge >= 0.3 is 0 Å². The van der Waals surface area contributed by atoms with Gasteiger partial charge in [-0.05, 0) is 51.1 Å². The third kappa shape index (κ3) is 5.45. The van der Waals surface area contributed by atoms with Crippen molar-refractivity contribution in [1.29, 1.82) is 5.26 Å². The van der Waals surface area contributed by atoms with Gasteiger partial charge in [0.25, 0.3) is 0 Å². The number of hydrogen-bond acceptors (Lipinski definition) is 8. The van der Waals surface area contributed by atoms with E-state index in [1.165, 1.54) is 12.1 Å². The number of anilines is 1. The van der Waals surface area contributed by atoms with Crippen LogP contribution in [0.25, 0.3) is 22.6 Å². The zero-order chi connectivity index (χ0) is 25.0. The summed E-state index contributed by atoms with van der Waals surface area (Å²) >= 11 is 0. The molecule has 0 bridgehead atoms. The zero-order valence-electron chi connectivity index (χ0n) is 19.6. The molecule has 3 N–H and O–H groups in total. The van der Waals surface area contributed by atoms with Crippen LogP contribution in [0.1, 0.15) is 32.9 Å². The Bertz CT molecular complexity index is 1230. The highest BCUT2D eigenvalue weighted by Crippen LogP contribution is 2.35. The van der Waals surface area contributed by atoms with Gasteiger partial charge in [0.05, 0.1) is 41.8 Å². The van der Waals surface area contributed by atoms with Crippen molar-refractivity contribution in [2.45, 2.75) is 33.1 Å². The first-order valence-electron chi connectivity index (χ1n) is 11.1. The largest absolute Gasteiger partial charge is 0.353 e. The molecule has 1 aliphatic heterocycles. The average molecular weight is 480 g/mol. The lowest BCUT2D eigenvalue weighted by molar-refractivity contribution is -0.231. The van der Waals surface area contributed by atoms with E-state index in [1.54, 1.807) is 31.3 Å². The van der Waals surface area contributed by atoms with Crippen molar-refractivity contribution in [2.75, 3.05) is 25.1 Å².